The lowest BCUT2D eigenvalue weighted by Gasteiger charge is -2.04. The lowest BCUT2D eigenvalue weighted by Crippen LogP contribution is -2.12. The van der Waals surface area contributed by atoms with Crippen molar-refractivity contribution in [2.45, 2.75) is 6.92 Å². The van der Waals surface area contributed by atoms with E-state index in [4.69, 9.17) is 0 Å². The monoisotopic (exact) mass is 299 g/mol. The standard InChI is InChI=1S/C14H13N5OS/c1-9-15-13(8-21-9)10-4-3-5-11(6-10)16-14(20)12-7-19(2)18-17-12/h3-8H,1-2H3,(H,16,20). The number of hydrogen-bond donors (Lipinski definition) is 1. The van der Waals surface area contributed by atoms with Gasteiger partial charge in [-0.1, -0.05) is 17.3 Å². The Bertz CT molecular complexity index is 792. The van der Waals surface area contributed by atoms with E-state index in [1.54, 1.807) is 24.6 Å². The largest absolute Gasteiger partial charge is 0.321 e. The van der Waals surface area contributed by atoms with Crippen LogP contribution in [-0.4, -0.2) is 25.9 Å². The molecule has 0 bridgehead atoms. The fourth-order valence-electron chi connectivity index (χ4n) is 1.90. The van der Waals surface area contributed by atoms with Crippen molar-refractivity contribution < 1.29 is 4.79 Å². The quantitative estimate of drug-likeness (QED) is 0.806. The van der Waals surface area contributed by atoms with Gasteiger partial charge < -0.3 is 5.32 Å². The van der Waals surface area contributed by atoms with E-state index in [0.717, 1.165) is 16.3 Å². The number of aryl methyl sites for hydroxylation is 2. The van der Waals surface area contributed by atoms with E-state index in [-0.39, 0.29) is 11.6 Å². The van der Waals surface area contributed by atoms with Crippen LogP contribution in [0, 0.1) is 6.92 Å². The van der Waals surface area contributed by atoms with E-state index in [2.05, 4.69) is 20.6 Å². The van der Waals surface area contributed by atoms with Crippen molar-refractivity contribution in [2.75, 3.05) is 5.32 Å². The van der Waals surface area contributed by atoms with Gasteiger partial charge in [0.25, 0.3) is 5.91 Å². The zero-order valence-corrected chi connectivity index (χ0v) is 12.4. The Morgan fingerprint density at radius 2 is 2.24 bits per heavy atom. The number of anilines is 1. The van der Waals surface area contributed by atoms with Gasteiger partial charge in [-0.3, -0.25) is 9.48 Å². The van der Waals surface area contributed by atoms with Gasteiger partial charge in [0, 0.05) is 23.7 Å². The van der Waals surface area contributed by atoms with E-state index in [0.29, 0.717) is 5.69 Å². The van der Waals surface area contributed by atoms with Crippen LogP contribution in [0.1, 0.15) is 15.5 Å². The Balaban J connectivity index is 1.82. The van der Waals surface area contributed by atoms with Crippen LogP contribution >= 0.6 is 11.3 Å². The number of nitrogens with one attached hydrogen (secondary N) is 1. The molecular formula is C14H13N5OS. The first-order chi connectivity index (χ1) is 10.1. The molecule has 1 N–H and O–H groups in total. The third-order valence-electron chi connectivity index (χ3n) is 2.87. The van der Waals surface area contributed by atoms with Gasteiger partial charge in [0.05, 0.1) is 16.9 Å². The highest BCUT2D eigenvalue weighted by Crippen LogP contribution is 2.24. The minimum atomic E-state index is -0.283. The van der Waals surface area contributed by atoms with Crippen LogP contribution in [0.2, 0.25) is 0 Å². The van der Waals surface area contributed by atoms with Crippen LogP contribution in [0.3, 0.4) is 0 Å². The molecular weight excluding hydrogens is 286 g/mol. The summed E-state index contributed by atoms with van der Waals surface area (Å²) in [6.07, 6.45) is 1.57. The number of carbonyl (C=O) groups is 1. The van der Waals surface area contributed by atoms with Gasteiger partial charge in [-0.2, -0.15) is 0 Å². The molecule has 0 aliphatic heterocycles. The van der Waals surface area contributed by atoms with Gasteiger partial charge in [0.2, 0.25) is 0 Å². The maximum absolute atomic E-state index is 12.0. The van der Waals surface area contributed by atoms with Crippen molar-refractivity contribution in [1.29, 1.82) is 0 Å². The van der Waals surface area contributed by atoms with Gasteiger partial charge in [0.15, 0.2) is 5.69 Å². The lowest BCUT2D eigenvalue weighted by atomic mass is 10.1. The van der Waals surface area contributed by atoms with E-state index >= 15 is 0 Å². The van der Waals surface area contributed by atoms with Crippen LogP contribution < -0.4 is 5.32 Å². The Hall–Kier alpha value is -2.54. The predicted molar refractivity (Wildman–Crippen MR) is 81.2 cm³/mol. The fourth-order valence-corrected chi connectivity index (χ4v) is 2.52. The highest BCUT2D eigenvalue weighted by Gasteiger charge is 2.11. The molecule has 106 valence electrons. The molecule has 0 atom stereocenters. The summed E-state index contributed by atoms with van der Waals surface area (Å²) in [5.74, 6) is -0.283. The average molecular weight is 299 g/mol. The summed E-state index contributed by atoms with van der Waals surface area (Å²) in [5, 5.41) is 13.4. The number of benzene rings is 1. The third-order valence-corrected chi connectivity index (χ3v) is 3.64. The molecule has 7 heteroatoms. The highest BCUT2D eigenvalue weighted by atomic mass is 32.1. The summed E-state index contributed by atoms with van der Waals surface area (Å²) in [5.41, 5.74) is 2.87. The number of nitrogens with zero attached hydrogens (tertiary/aromatic N) is 4. The molecule has 0 aliphatic carbocycles. The van der Waals surface area contributed by atoms with Crippen LogP contribution in [0.4, 0.5) is 5.69 Å². The molecule has 1 amide bonds. The molecule has 0 aliphatic rings. The fraction of sp³-hybridized carbons (Fsp3) is 0.143. The molecule has 0 spiro atoms. The van der Waals surface area contributed by atoms with Crippen LogP contribution in [0.5, 0.6) is 0 Å². The maximum Gasteiger partial charge on any atom is 0.277 e. The molecule has 6 nitrogen and oxygen atoms in total. The number of rotatable bonds is 3. The zero-order valence-electron chi connectivity index (χ0n) is 11.6. The number of aromatic nitrogens is 4. The van der Waals surface area contributed by atoms with E-state index in [9.17, 15) is 4.79 Å². The second-order valence-corrected chi connectivity index (χ2v) is 5.63. The molecule has 0 saturated carbocycles. The van der Waals surface area contributed by atoms with Gasteiger partial charge in [-0.25, -0.2) is 4.98 Å². The van der Waals surface area contributed by atoms with Crippen molar-refractivity contribution in [3.8, 4) is 11.3 Å². The number of thiazole rings is 1. The molecule has 3 aromatic rings. The van der Waals surface area contributed by atoms with Crippen LogP contribution in [0.15, 0.2) is 35.8 Å². The maximum atomic E-state index is 12.0. The first-order valence-electron chi connectivity index (χ1n) is 6.32. The molecule has 21 heavy (non-hydrogen) atoms. The molecule has 1 aromatic carbocycles. The van der Waals surface area contributed by atoms with Gasteiger partial charge in [-0.05, 0) is 19.1 Å². The van der Waals surface area contributed by atoms with Crippen molar-refractivity contribution in [3.05, 3.63) is 46.5 Å². The second kappa shape index (κ2) is 5.45. The van der Waals surface area contributed by atoms with E-state index < -0.39 is 0 Å². The van der Waals surface area contributed by atoms with E-state index in [1.165, 1.54) is 4.68 Å². The van der Waals surface area contributed by atoms with Crippen molar-refractivity contribution >= 4 is 22.9 Å². The minimum absolute atomic E-state index is 0.283. The summed E-state index contributed by atoms with van der Waals surface area (Å²) in [6.45, 7) is 1.97. The minimum Gasteiger partial charge on any atom is -0.321 e. The molecule has 2 aromatic heterocycles. The predicted octanol–water partition coefficient (Wildman–Crippen LogP) is 2.50. The number of carbonyl (C=O) groups excluding carboxylic acids is 1. The SMILES string of the molecule is Cc1nc(-c2cccc(NC(=O)c3cn(C)nn3)c2)cs1. The molecule has 0 radical (unpaired) electrons. The Labute approximate surface area is 125 Å². The first kappa shape index (κ1) is 13.4. The van der Waals surface area contributed by atoms with Crippen LogP contribution in [-0.2, 0) is 7.05 Å². The summed E-state index contributed by atoms with van der Waals surface area (Å²) in [4.78, 5) is 16.5. The Morgan fingerprint density at radius 3 is 2.90 bits per heavy atom. The molecule has 0 saturated heterocycles. The molecule has 0 unspecified atom stereocenters. The highest BCUT2D eigenvalue weighted by molar-refractivity contribution is 7.09. The second-order valence-electron chi connectivity index (χ2n) is 4.56. The lowest BCUT2D eigenvalue weighted by molar-refractivity contribution is 0.102. The van der Waals surface area contributed by atoms with Gasteiger partial charge in [-0.15, -0.1) is 16.4 Å². The Morgan fingerprint density at radius 1 is 1.38 bits per heavy atom. The summed E-state index contributed by atoms with van der Waals surface area (Å²) in [6, 6.07) is 7.57. The Kier molecular flexibility index (Phi) is 3.49. The molecule has 3 rings (SSSR count). The van der Waals surface area contributed by atoms with Crippen LogP contribution in [0.25, 0.3) is 11.3 Å². The smallest absolute Gasteiger partial charge is 0.277 e. The summed E-state index contributed by atoms with van der Waals surface area (Å²) >= 11 is 1.60. The van der Waals surface area contributed by atoms with E-state index in [1.807, 2.05) is 36.6 Å². The van der Waals surface area contributed by atoms with Crippen molar-refractivity contribution in [1.82, 2.24) is 20.0 Å². The number of amides is 1. The summed E-state index contributed by atoms with van der Waals surface area (Å²) < 4.78 is 1.49. The van der Waals surface area contributed by atoms with Gasteiger partial charge >= 0.3 is 0 Å². The average Bonchev–Trinajstić information content (AvgIpc) is 3.08. The molecule has 0 fully saturated rings. The van der Waals surface area contributed by atoms with Gasteiger partial charge in [0.1, 0.15) is 0 Å². The zero-order chi connectivity index (χ0) is 14.8. The van der Waals surface area contributed by atoms with Crippen molar-refractivity contribution in [2.24, 2.45) is 7.05 Å². The normalized spacial score (nSPS) is 10.6. The summed E-state index contributed by atoms with van der Waals surface area (Å²) in [7, 11) is 1.72. The third kappa shape index (κ3) is 2.97. The number of hydrogen-bond acceptors (Lipinski definition) is 5. The topological polar surface area (TPSA) is 72.7 Å². The molecule has 2 heterocycles. The first-order valence-corrected chi connectivity index (χ1v) is 7.20. The van der Waals surface area contributed by atoms with Crippen molar-refractivity contribution in [3.63, 3.8) is 0 Å².